The van der Waals surface area contributed by atoms with Crippen molar-refractivity contribution >= 4 is 17.7 Å². The van der Waals surface area contributed by atoms with Crippen LogP contribution < -0.4 is 4.74 Å². The predicted molar refractivity (Wildman–Crippen MR) is 55.1 cm³/mol. The van der Waals surface area contributed by atoms with Crippen LogP contribution in [-0.4, -0.2) is 12.1 Å². The second-order valence-electron chi connectivity index (χ2n) is 2.52. The van der Waals surface area contributed by atoms with E-state index in [9.17, 15) is 0 Å². The Balaban J connectivity index is 2.94. The average molecular weight is 209 g/mol. The highest BCUT2D eigenvalue weighted by atomic mass is 35.5. The maximum atomic E-state index is 8.35. The van der Waals surface area contributed by atoms with Crippen molar-refractivity contribution in [2.45, 2.75) is 6.42 Å². The Bertz CT molecular complexity index is 382. The lowest BCUT2D eigenvalue weighted by molar-refractivity contribution is 0.397. The van der Waals surface area contributed by atoms with Crippen molar-refractivity contribution in [2.24, 2.45) is 0 Å². The van der Waals surface area contributed by atoms with Crippen LogP contribution in [0.3, 0.4) is 0 Å². The van der Waals surface area contributed by atoms with Crippen LogP contribution in [0.1, 0.15) is 12.0 Å². The quantitative estimate of drug-likeness (QED) is 0.767. The summed E-state index contributed by atoms with van der Waals surface area (Å²) >= 11 is 5.77. The van der Waals surface area contributed by atoms with Crippen molar-refractivity contribution in [1.82, 2.24) is 4.98 Å². The van der Waals surface area contributed by atoms with Gasteiger partial charge in [0.15, 0.2) is 0 Å². The smallest absolute Gasteiger partial charge is 0.220 e. The van der Waals surface area contributed by atoms with Gasteiger partial charge in [-0.05, 0) is 6.07 Å². The Hall–Kier alpha value is -1.53. The van der Waals surface area contributed by atoms with Crippen LogP contribution >= 0.6 is 11.6 Å². The van der Waals surface area contributed by atoms with Gasteiger partial charge in [-0.3, -0.25) is 0 Å². The zero-order valence-electron chi connectivity index (χ0n) is 7.70. The SMILES string of the molecule is COc1ncc(Cl)cc1C=CCC#N. The number of nitriles is 1. The van der Waals surface area contributed by atoms with Crippen LogP contribution in [0, 0.1) is 11.3 Å². The number of methoxy groups -OCH3 is 1. The number of hydrogen-bond acceptors (Lipinski definition) is 3. The number of ether oxygens (including phenoxy) is 1. The van der Waals surface area contributed by atoms with E-state index < -0.39 is 0 Å². The standard InChI is InChI=1S/C10H9ClN2O/c1-14-10-8(4-2-3-5-12)6-9(11)7-13-10/h2,4,6-7H,3H2,1H3. The molecule has 1 rings (SSSR count). The van der Waals surface area contributed by atoms with Gasteiger partial charge in [0.25, 0.3) is 0 Å². The van der Waals surface area contributed by atoms with Crippen molar-refractivity contribution < 1.29 is 4.74 Å². The molecule has 3 nitrogen and oxygen atoms in total. The normalized spacial score (nSPS) is 10.1. The van der Waals surface area contributed by atoms with Crippen molar-refractivity contribution in [3.05, 3.63) is 28.9 Å². The lowest BCUT2D eigenvalue weighted by Crippen LogP contribution is -1.90. The van der Waals surface area contributed by atoms with E-state index in [-0.39, 0.29) is 0 Å². The van der Waals surface area contributed by atoms with Crippen LogP contribution in [0.4, 0.5) is 0 Å². The molecule has 0 radical (unpaired) electrons. The summed E-state index contributed by atoms with van der Waals surface area (Å²) < 4.78 is 5.03. The van der Waals surface area contributed by atoms with Crippen molar-refractivity contribution in [1.29, 1.82) is 5.26 Å². The largest absolute Gasteiger partial charge is 0.481 e. The van der Waals surface area contributed by atoms with E-state index in [1.54, 1.807) is 18.2 Å². The first-order valence-electron chi connectivity index (χ1n) is 4.01. The summed E-state index contributed by atoms with van der Waals surface area (Å²) in [7, 11) is 1.54. The Kier molecular flexibility index (Phi) is 3.96. The summed E-state index contributed by atoms with van der Waals surface area (Å²) in [5, 5.41) is 8.90. The third-order valence-electron chi connectivity index (χ3n) is 1.55. The fraction of sp³-hybridized carbons (Fsp3) is 0.200. The van der Waals surface area contributed by atoms with Gasteiger partial charge in [0.1, 0.15) is 0 Å². The van der Waals surface area contributed by atoms with E-state index in [0.29, 0.717) is 17.3 Å². The highest BCUT2D eigenvalue weighted by Gasteiger charge is 2.01. The number of aromatic nitrogens is 1. The fourth-order valence-electron chi connectivity index (χ4n) is 0.971. The summed E-state index contributed by atoms with van der Waals surface area (Å²) in [6.07, 6.45) is 5.37. The Morgan fingerprint density at radius 1 is 1.71 bits per heavy atom. The first-order chi connectivity index (χ1) is 6.77. The molecule has 1 aromatic rings. The number of nitrogens with zero attached hydrogens (tertiary/aromatic N) is 2. The molecular weight excluding hydrogens is 200 g/mol. The highest BCUT2D eigenvalue weighted by Crippen LogP contribution is 2.20. The molecule has 0 unspecified atom stereocenters. The van der Waals surface area contributed by atoms with Gasteiger partial charge in [-0.2, -0.15) is 5.26 Å². The molecule has 4 heteroatoms. The lowest BCUT2D eigenvalue weighted by atomic mass is 10.2. The minimum atomic E-state index is 0.357. The molecule has 0 fully saturated rings. The first kappa shape index (κ1) is 10.6. The Morgan fingerprint density at radius 3 is 3.14 bits per heavy atom. The van der Waals surface area contributed by atoms with Crippen LogP contribution in [-0.2, 0) is 0 Å². The maximum absolute atomic E-state index is 8.35. The van der Waals surface area contributed by atoms with E-state index in [2.05, 4.69) is 4.98 Å². The molecule has 0 saturated carbocycles. The van der Waals surface area contributed by atoms with Gasteiger partial charge in [-0.1, -0.05) is 23.8 Å². The van der Waals surface area contributed by atoms with Gasteiger partial charge in [0.2, 0.25) is 5.88 Å². The average Bonchev–Trinajstić information content (AvgIpc) is 2.19. The minimum Gasteiger partial charge on any atom is -0.481 e. The monoisotopic (exact) mass is 208 g/mol. The fourth-order valence-corrected chi connectivity index (χ4v) is 1.14. The Morgan fingerprint density at radius 2 is 2.50 bits per heavy atom. The Labute approximate surface area is 87.6 Å². The summed E-state index contributed by atoms with van der Waals surface area (Å²) in [5.74, 6) is 0.503. The van der Waals surface area contributed by atoms with Gasteiger partial charge < -0.3 is 4.74 Å². The second-order valence-corrected chi connectivity index (χ2v) is 2.95. The van der Waals surface area contributed by atoms with E-state index in [1.807, 2.05) is 6.07 Å². The second kappa shape index (κ2) is 5.25. The zero-order chi connectivity index (χ0) is 10.4. The third-order valence-corrected chi connectivity index (χ3v) is 1.75. The van der Waals surface area contributed by atoms with E-state index >= 15 is 0 Å². The van der Waals surface area contributed by atoms with Crippen molar-refractivity contribution in [3.63, 3.8) is 0 Å². The summed E-state index contributed by atoms with van der Waals surface area (Å²) in [6.45, 7) is 0. The first-order valence-corrected chi connectivity index (χ1v) is 4.38. The molecule has 1 aromatic heterocycles. The number of allylic oxidation sites excluding steroid dienone is 1. The van der Waals surface area contributed by atoms with E-state index in [4.69, 9.17) is 21.6 Å². The number of rotatable bonds is 3. The molecule has 0 aliphatic heterocycles. The molecule has 0 saturated heterocycles. The summed E-state index contributed by atoms with van der Waals surface area (Å²) in [6, 6.07) is 3.75. The van der Waals surface area contributed by atoms with Crippen LogP contribution in [0.15, 0.2) is 18.3 Å². The molecule has 0 atom stereocenters. The summed E-state index contributed by atoms with van der Waals surface area (Å²) in [5.41, 5.74) is 0.773. The molecular formula is C10H9ClN2O. The van der Waals surface area contributed by atoms with Crippen molar-refractivity contribution in [2.75, 3.05) is 7.11 Å². The van der Waals surface area contributed by atoms with Crippen molar-refractivity contribution in [3.8, 4) is 11.9 Å². The molecule has 0 aromatic carbocycles. The lowest BCUT2D eigenvalue weighted by Gasteiger charge is -2.02. The maximum Gasteiger partial charge on any atom is 0.220 e. The molecule has 0 bridgehead atoms. The molecule has 14 heavy (non-hydrogen) atoms. The van der Waals surface area contributed by atoms with Gasteiger partial charge >= 0.3 is 0 Å². The number of halogens is 1. The third kappa shape index (κ3) is 2.75. The molecule has 72 valence electrons. The topological polar surface area (TPSA) is 45.9 Å². The van der Waals surface area contributed by atoms with Gasteiger partial charge in [-0.25, -0.2) is 4.98 Å². The highest BCUT2D eigenvalue weighted by molar-refractivity contribution is 6.30. The molecule has 0 aliphatic carbocycles. The molecule has 0 amide bonds. The molecule has 0 spiro atoms. The van der Waals surface area contributed by atoms with E-state index in [1.165, 1.54) is 13.3 Å². The number of pyridine rings is 1. The predicted octanol–water partition coefficient (Wildman–Crippen LogP) is 2.67. The van der Waals surface area contributed by atoms with Crippen LogP contribution in [0.5, 0.6) is 5.88 Å². The minimum absolute atomic E-state index is 0.357. The van der Waals surface area contributed by atoms with Crippen LogP contribution in [0.2, 0.25) is 5.02 Å². The number of hydrogen-bond donors (Lipinski definition) is 0. The molecule has 0 aliphatic rings. The van der Waals surface area contributed by atoms with Crippen LogP contribution in [0.25, 0.3) is 6.08 Å². The van der Waals surface area contributed by atoms with Gasteiger partial charge in [0.05, 0.1) is 24.6 Å². The molecule has 0 N–H and O–H groups in total. The van der Waals surface area contributed by atoms with Gasteiger partial charge in [-0.15, -0.1) is 0 Å². The zero-order valence-corrected chi connectivity index (χ0v) is 8.45. The summed E-state index contributed by atoms with van der Waals surface area (Å²) in [4.78, 5) is 3.99. The molecule has 1 heterocycles. The van der Waals surface area contributed by atoms with Gasteiger partial charge in [0, 0.05) is 11.8 Å². The van der Waals surface area contributed by atoms with E-state index in [0.717, 1.165) is 5.56 Å².